The summed E-state index contributed by atoms with van der Waals surface area (Å²) in [7, 11) is 0. The maximum Gasteiger partial charge on any atom is 0.319 e. The van der Waals surface area contributed by atoms with Crippen molar-refractivity contribution >= 4 is 35.1 Å². The molecule has 2 aromatic carbocycles. The Labute approximate surface area is 137 Å². The van der Waals surface area contributed by atoms with Crippen molar-refractivity contribution in [3.05, 3.63) is 58.9 Å². The molecule has 0 aliphatic carbocycles. The van der Waals surface area contributed by atoms with Crippen molar-refractivity contribution < 1.29 is 9.18 Å². The first-order valence-electron chi connectivity index (χ1n) is 6.88. The molecule has 0 bridgehead atoms. The second-order valence-electron chi connectivity index (χ2n) is 4.95. The summed E-state index contributed by atoms with van der Waals surface area (Å²) in [5, 5.41) is 6.27. The minimum atomic E-state index is -0.311. The van der Waals surface area contributed by atoms with Gasteiger partial charge in [0, 0.05) is 21.4 Å². The molecule has 0 saturated carbocycles. The maximum absolute atomic E-state index is 13.8. The van der Waals surface area contributed by atoms with Crippen molar-refractivity contribution in [2.45, 2.75) is 17.4 Å². The van der Waals surface area contributed by atoms with Gasteiger partial charge in [-0.1, -0.05) is 23.7 Å². The Hall–Kier alpha value is -1.72. The lowest BCUT2D eigenvalue weighted by molar-refractivity contribution is 0.248. The summed E-state index contributed by atoms with van der Waals surface area (Å²) in [6, 6.07) is 11.4. The third-order valence-corrected chi connectivity index (χ3v) is 4.84. The summed E-state index contributed by atoms with van der Waals surface area (Å²) in [6.45, 7) is 0. The number of benzene rings is 2. The molecule has 0 spiro atoms. The zero-order valence-corrected chi connectivity index (χ0v) is 13.2. The Morgan fingerprint density at radius 2 is 2.00 bits per heavy atom. The molecule has 3 nitrogen and oxygen atoms in total. The lowest BCUT2D eigenvalue weighted by Crippen LogP contribution is -2.34. The van der Waals surface area contributed by atoms with Crippen LogP contribution in [0.2, 0.25) is 5.02 Å². The van der Waals surface area contributed by atoms with Gasteiger partial charge in [-0.15, -0.1) is 11.8 Å². The van der Waals surface area contributed by atoms with Crippen LogP contribution in [0.25, 0.3) is 0 Å². The summed E-state index contributed by atoms with van der Waals surface area (Å²) < 4.78 is 13.8. The number of fused-ring (bicyclic) bond motifs is 1. The van der Waals surface area contributed by atoms with E-state index in [0.29, 0.717) is 15.6 Å². The topological polar surface area (TPSA) is 41.1 Å². The molecule has 1 aliphatic rings. The molecule has 1 heterocycles. The van der Waals surface area contributed by atoms with E-state index in [1.807, 2.05) is 6.07 Å². The van der Waals surface area contributed by atoms with Gasteiger partial charge in [0.15, 0.2) is 0 Å². The highest BCUT2D eigenvalue weighted by molar-refractivity contribution is 7.99. The minimum absolute atomic E-state index is 0.181. The highest BCUT2D eigenvalue weighted by atomic mass is 35.5. The van der Waals surface area contributed by atoms with E-state index < -0.39 is 0 Å². The molecule has 0 aromatic heterocycles. The van der Waals surface area contributed by atoms with Gasteiger partial charge in [-0.2, -0.15) is 0 Å². The molecule has 2 amide bonds. The van der Waals surface area contributed by atoms with E-state index >= 15 is 0 Å². The molecule has 1 aliphatic heterocycles. The van der Waals surface area contributed by atoms with Gasteiger partial charge in [0.05, 0.1) is 6.04 Å². The highest BCUT2D eigenvalue weighted by Crippen LogP contribution is 2.37. The molecular formula is C16H14ClFN2OS. The van der Waals surface area contributed by atoms with Gasteiger partial charge in [0.1, 0.15) is 5.82 Å². The number of halogens is 2. The van der Waals surface area contributed by atoms with Crippen molar-refractivity contribution in [3.8, 4) is 0 Å². The standard InChI is InChI=1S/C16H14ClFN2OS/c17-10-4-6-11(7-5-10)19-16(21)20-14-8-9-22-15-12(14)2-1-3-13(15)18/h1-7,14H,8-9H2,(H2,19,20,21)/t14-/m1/s1. The molecule has 0 fully saturated rings. The Morgan fingerprint density at radius 1 is 1.23 bits per heavy atom. The molecule has 22 heavy (non-hydrogen) atoms. The van der Waals surface area contributed by atoms with Gasteiger partial charge in [0.2, 0.25) is 0 Å². The fourth-order valence-corrected chi connectivity index (χ4v) is 3.66. The molecule has 0 unspecified atom stereocenters. The van der Waals surface area contributed by atoms with Gasteiger partial charge in [-0.3, -0.25) is 0 Å². The third kappa shape index (κ3) is 3.36. The third-order valence-electron chi connectivity index (χ3n) is 3.43. The number of rotatable bonds is 2. The summed E-state index contributed by atoms with van der Waals surface area (Å²) in [4.78, 5) is 12.7. The first-order chi connectivity index (χ1) is 10.6. The number of hydrogen-bond donors (Lipinski definition) is 2. The van der Waals surface area contributed by atoms with Gasteiger partial charge in [-0.25, -0.2) is 9.18 Å². The predicted octanol–water partition coefficient (Wildman–Crippen LogP) is 4.84. The van der Waals surface area contributed by atoms with Crippen molar-refractivity contribution in [1.82, 2.24) is 5.32 Å². The molecule has 114 valence electrons. The number of carbonyl (C=O) groups is 1. The number of urea groups is 1. The molecule has 1 atom stereocenters. The van der Waals surface area contributed by atoms with E-state index in [0.717, 1.165) is 17.7 Å². The van der Waals surface area contributed by atoms with E-state index in [2.05, 4.69) is 10.6 Å². The summed E-state index contributed by atoms with van der Waals surface area (Å²) in [5.41, 5.74) is 1.49. The van der Waals surface area contributed by atoms with Crippen LogP contribution >= 0.6 is 23.4 Å². The lowest BCUT2D eigenvalue weighted by atomic mass is 10.0. The van der Waals surface area contributed by atoms with Crippen LogP contribution in [0, 0.1) is 5.82 Å². The summed E-state index contributed by atoms with van der Waals surface area (Å²) in [5.74, 6) is 0.548. The zero-order chi connectivity index (χ0) is 15.5. The van der Waals surface area contributed by atoms with Crippen molar-refractivity contribution in [2.24, 2.45) is 0 Å². The number of anilines is 1. The second-order valence-corrected chi connectivity index (χ2v) is 6.49. The molecule has 6 heteroatoms. The van der Waals surface area contributed by atoms with Gasteiger partial charge in [0.25, 0.3) is 0 Å². The van der Waals surface area contributed by atoms with Crippen LogP contribution < -0.4 is 10.6 Å². The first-order valence-corrected chi connectivity index (χ1v) is 8.24. The van der Waals surface area contributed by atoms with Crippen LogP contribution in [0.5, 0.6) is 0 Å². The number of amides is 2. The van der Waals surface area contributed by atoms with Gasteiger partial charge >= 0.3 is 6.03 Å². The SMILES string of the molecule is O=C(Nc1ccc(Cl)cc1)N[C@@H]1CCSc2c(F)cccc21. The molecule has 0 saturated heterocycles. The van der Waals surface area contributed by atoms with Crippen LogP contribution in [-0.4, -0.2) is 11.8 Å². The van der Waals surface area contributed by atoms with E-state index in [4.69, 9.17) is 11.6 Å². The smallest absolute Gasteiger partial charge is 0.319 e. The molecule has 2 aromatic rings. The lowest BCUT2D eigenvalue weighted by Gasteiger charge is -2.26. The first kappa shape index (κ1) is 15.2. The Bertz CT molecular complexity index is 693. The largest absolute Gasteiger partial charge is 0.331 e. The molecule has 0 radical (unpaired) electrons. The van der Waals surface area contributed by atoms with Crippen LogP contribution in [0.4, 0.5) is 14.9 Å². The average Bonchev–Trinajstić information content (AvgIpc) is 2.51. The fraction of sp³-hybridized carbons (Fsp3) is 0.188. The van der Waals surface area contributed by atoms with Crippen LogP contribution in [0.1, 0.15) is 18.0 Å². The quantitative estimate of drug-likeness (QED) is 0.824. The van der Waals surface area contributed by atoms with Crippen LogP contribution in [-0.2, 0) is 0 Å². The van der Waals surface area contributed by atoms with Crippen molar-refractivity contribution in [2.75, 3.05) is 11.1 Å². The molecule has 2 N–H and O–H groups in total. The summed E-state index contributed by atoms with van der Waals surface area (Å²) >= 11 is 7.30. The maximum atomic E-state index is 13.8. The van der Waals surface area contributed by atoms with Crippen LogP contribution in [0.15, 0.2) is 47.4 Å². The van der Waals surface area contributed by atoms with E-state index in [1.165, 1.54) is 17.8 Å². The number of hydrogen-bond acceptors (Lipinski definition) is 2. The predicted molar refractivity (Wildman–Crippen MR) is 88.1 cm³/mol. The average molecular weight is 337 g/mol. The van der Waals surface area contributed by atoms with Gasteiger partial charge < -0.3 is 10.6 Å². The van der Waals surface area contributed by atoms with Crippen molar-refractivity contribution in [1.29, 1.82) is 0 Å². The number of carbonyl (C=O) groups excluding carboxylic acids is 1. The Kier molecular flexibility index (Phi) is 4.55. The normalized spacial score (nSPS) is 16.7. The number of thioether (sulfide) groups is 1. The Balaban J connectivity index is 1.70. The monoisotopic (exact) mass is 336 g/mol. The number of nitrogens with one attached hydrogen (secondary N) is 2. The summed E-state index contributed by atoms with van der Waals surface area (Å²) in [6.07, 6.45) is 0.773. The Morgan fingerprint density at radius 3 is 2.77 bits per heavy atom. The highest BCUT2D eigenvalue weighted by Gasteiger charge is 2.24. The van der Waals surface area contributed by atoms with Gasteiger partial charge in [-0.05, 0) is 42.3 Å². The van der Waals surface area contributed by atoms with Crippen molar-refractivity contribution in [3.63, 3.8) is 0 Å². The fourth-order valence-electron chi connectivity index (χ4n) is 2.40. The van der Waals surface area contributed by atoms with E-state index in [9.17, 15) is 9.18 Å². The molecular weight excluding hydrogens is 323 g/mol. The van der Waals surface area contributed by atoms with E-state index in [-0.39, 0.29) is 17.9 Å². The second kappa shape index (κ2) is 6.58. The van der Waals surface area contributed by atoms with E-state index in [1.54, 1.807) is 30.3 Å². The van der Waals surface area contributed by atoms with Crippen LogP contribution in [0.3, 0.4) is 0 Å². The molecule has 3 rings (SSSR count). The minimum Gasteiger partial charge on any atom is -0.331 e. The zero-order valence-electron chi connectivity index (χ0n) is 11.6.